The van der Waals surface area contributed by atoms with Crippen LogP contribution in [-0.4, -0.2) is 260 Å². The Morgan fingerprint density at radius 1 is 0.537 bits per heavy atom. The molecule has 1 fully saturated rings. The summed E-state index contributed by atoms with van der Waals surface area (Å²) in [6.07, 6.45) is -10.6. The Balaban J connectivity index is 2.74. The molecule has 0 radical (unpaired) electrons. The van der Waals surface area contributed by atoms with Crippen LogP contribution in [0.5, 0.6) is 0 Å². The molecule has 456 valence electrons. The van der Waals surface area contributed by atoms with Crippen LogP contribution in [0.15, 0.2) is 0 Å². The summed E-state index contributed by atoms with van der Waals surface area (Å²) in [7, 11) is 0. The smallest absolute Gasteiger partial charge is 0.305 e. The first-order valence-corrected chi connectivity index (χ1v) is 25.6. The van der Waals surface area contributed by atoms with E-state index in [4.69, 9.17) is 39.3 Å². The summed E-state index contributed by atoms with van der Waals surface area (Å²) in [6.45, 7) is 1.58. The van der Waals surface area contributed by atoms with Crippen molar-refractivity contribution in [1.82, 2.24) is 47.9 Å². The topological polar surface area (TPSA) is 516 Å². The summed E-state index contributed by atoms with van der Waals surface area (Å²) in [6, 6.07) is -8.57. The van der Waals surface area contributed by atoms with E-state index in [0.29, 0.717) is 0 Å². The zero-order valence-corrected chi connectivity index (χ0v) is 45.2. The molecular formula is C45H76N10O24S. The summed E-state index contributed by atoms with van der Waals surface area (Å²) < 4.78 is 31.6. The highest BCUT2D eigenvalue weighted by Crippen LogP contribution is 2.21. The number of carbonyl (C=O) groups excluding carboxylic acids is 10. The van der Waals surface area contributed by atoms with Crippen LogP contribution >= 0.6 is 12.6 Å². The molecule has 0 aromatic heterocycles. The first kappa shape index (κ1) is 71.6. The molecule has 0 aromatic carbocycles. The van der Waals surface area contributed by atoms with Gasteiger partial charge in [0, 0.05) is 45.2 Å². The molecule has 17 N–H and O–H groups in total. The average molecular weight is 1170 g/mol. The minimum absolute atomic E-state index is 0.0224. The van der Waals surface area contributed by atoms with E-state index in [1.165, 1.54) is 6.92 Å². The van der Waals surface area contributed by atoms with Gasteiger partial charge in [0.15, 0.2) is 6.29 Å². The standard InChI is InChI=1S/C45H76N10O24S/c1-23(50-43(72)26(52-25(3)57)5-7-34(61)62)40(69)54-27(4-6-31(58)47-10-13-78-45-38(67)37(66)36(65)30(19-56)79-45)44(73)51-24(2)41(70)55-28(18-35(63)64)42(71)49-9-12-75-14-16-76-20-32(59)48-8-11-74-15-17-77-21-33(60)53-29(22-80)39(46)68/h23-24,26-30,36-38,45,56,65-67,80H,4-22H2,1-3H3,(H2,46,68)(H,47,58)(H,48,59)(H,49,71)(H,50,72)(H,51,73)(H,52,57)(H,53,60)(H,54,69)(H,55,70)(H,61,62)(H,63,64)/t23-,24-,26-,27-,28-,29-,30+,36+,37-,38-,45-/m0/s1. The molecule has 1 aliphatic rings. The van der Waals surface area contributed by atoms with Gasteiger partial charge in [-0.25, -0.2) is 0 Å². The van der Waals surface area contributed by atoms with Gasteiger partial charge < -0.3 is 113 Å². The third-order valence-electron chi connectivity index (χ3n) is 10.9. The van der Waals surface area contributed by atoms with Gasteiger partial charge in [-0.3, -0.25) is 57.5 Å². The minimum Gasteiger partial charge on any atom is -0.481 e. The molecule has 1 rings (SSSR count). The maximum absolute atomic E-state index is 13.7. The molecule has 1 saturated heterocycles. The SMILES string of the molecule is CC(=O)N[C@@H](CCC(=O)O)C(=O)N[C@@H](C)C(=O)N[C@@H](CCC(=O)NCCO[C@H]1O[C@H](CO)[C@@H](O)[C@H](O)[C@@H]1O)C(=O)N[C@@H](C)C(=O)N[C@@H](CC(=O)O)C(=O)NCCOCCOCC(=O)NCCOCCOCC(=O)N[C@@H](CS)C(N)=O. The number of aliphatic carboxylic acids is 2. The van der Waals surface area contributed by atoms with E-state index in [2.05, 4.69) is 60.5 Å². The maximum atomic E-state index is 13.7. The Bertz CT molecular complexity index is 2040. The first-order chi connectivity index (χ1) is 37.8. The quantitative estimate of drug-likeness (QED) is 0.0199. The second kappa shape index (κ2) is 39.9. The van der Waals surface area contributed by atoms with Crippen molar-refractivity contribution in [3.8, 4) is 0 Å². The van der Waals surface area contributed by atoms with Gasteiger partial charge in [0.2, 0.25) is 59.1 Å². The Hall–Kier alpha value is -6.41. The van der Waals surface area contributed by atoms with Crippen molar-refractivity contribution in [2.45, 2.75) is 120 Å². The van der Waals surface area contributed by atoms with Gasteiger partial charge in [-0.15, -0.1) is 0 Å². The lowest BCUT2D eigenvalue weighted by Gasteiger charge is -2.39. The molecular weight excluding hydrogens is 1100 g/mol. The molecule has 0 bridgehead atoms. The fourth-order valence-corrected chi connectivity index (χ4v) is 6.89. The molecule has 0 spiro atoms. The van der Waals surface area contributed by atoms with Crippen molar-refractivity contribution in [3.63, 3.8) is 0 Å². The Morgan fingerprint density at radius 3 is 1.56 bits per heavy atom. The number of carboxylic acids is 2. The largest absolute Gasteiger partial charge is 0.481 e. The lowest BCUT2D eigenvalue weighted by Crippen LogP contribution is -2.59. The number of aliphatic hydroxyl groups is 4. The number of nitrogens with two attached hydrogens (primary N) is 1. The van der Waals surface area contributed by atoms with Crippen molar-refractivity contribution in [2.75, 3.05) is 91.5 Å². The summed E-state index contributed by atoms with van der Waals surface area (Å²) in [4.78, 5) is 148. The number of ether oxygens (including phenoxy) is 6. The van der Waals surface area contributed by atoms with Crippen LogP contribution in [0.25, 0.3) is 0 Å². The number of amides is 10. The second-order valence-electron chi connectivity index (χ2n) is 17.5. The summed E-state index contributed by atoms with van der Waals surface area (Å²) in [5.41, 5.74) is 5.13. The molecule has 0 aliphatic carbocycles. The van der Waals surface area contributed by atoms with Gasteiger partial charge in [-0.05, 0) is 26.7 Å². The molecule has 10 amide bonds. The highest BCUT2D eigenvalue weighted by atomic mass is 32.1. The van der Waals surface area contributed by atoms with E-state index >= 15 is 0 Å². The van der Waals surface area contributed by atoms with Crippen LogP contribution in [0.2, 0.25) is 0 Å². The van der Waals surface area contributed by atoms with Crippen LogP contribution in [0.3, 0.4) is 0 Å². The Labute approximate surface area is 464 Å². The van der Waals surface area contributed by atoms with E-state index in [1.54, 1.807) is 0 Å². The third-order valence-corrected chi connectivity index (χ3v) is 11.3. The van der Waals surface area contributed by atoms with Crippen molar-refractivity contribution < 1.29 is 117 Å². The number of nitrogens with one attached hydrogen (secondary N) is 9. The molecule has 1 aliphatic heterocycles. The number of rotatable bonds is 42. The number of hydrogen-bond donors (Lipinski definition) is 17. The van der Waals surface area contributed by atoms with Crippen LogP contribution in [0.1, 0.15) is 52.9 Å². The number of hydrogen-bond acceptors (Lipinski definition) is 23. The van der Waals surface area contributed by atoms with Gasteiger partial charge >= 0.3 is 11.9 Å². The molecule has 1 heterocycles. The van der Waals surface area contributed by atoms with Crippen LogP contribution in [0.4, 0.5) is 0 Å². The van der Waals surface area contributed by atoms with Gasteiger partial charge in [-0.2, -0.15) is 12.6 Å². The first-order valence-electron chi connectivity index (χ1n) is 25.0. The zero-order chi connectivity index (χ0) is 60.3. The van der Waals surface area contributed by atoms with E-state index in [-0.39, 0.29) is 91.3 Å². The maximum Gasteiger partial charge on any atom is 0.305 e. The monoisotopic (exact) mass is 1170 g/mol. The van der Waals surface area contributed by atoms with Gasteiger partial charge in [0.25, 0.3) is 0 Å². The molecule has 0 unspecified atom stereocenters. The summed E-state index contributed by atoms with van der Waals surface area (Å²) >= 11 is 3.92. The van der Waals surface area contributed by atoms with Crippen LogP contribution in [-0.2, 0) is 86.0 Å². The zero-order valence-electron chi connectivity index (χ0n) is 44.3. The van der Waals surface area contributed by atoms with E-state index in [1.807, 2.05) is 0 Å². The lowest BCUT2D eigenvalue weighted by molar-refractivity contribution is -0.300. The lowest BCUT2D eigenvalue weighted by atomic mass is 9.99. The predicted octanol–water partition coefficient (Wildman–Crippen LogP) is -9.28. The van der Waals surface area contributed by atoms with Crippen molar-refractivity contribution in [1.29, 1.82) is 0 Å². The minimum atomic E-state index is -1.72. The summed E-state index contributed by atoms with van der Waals surface area (Å²) in [5.74, 6) is -10.9. The fourth-order valence-electron chi connectivity index (χ4n) is 6.62. The Morgan fingerprint density at radius 2 is 1.04 bits per heavy atom. The highest BCUT2D eigenvalue weighted by Gasteiger charge is 2.44. The van der Waals surface area contributed by atoms with Crippen LogP contribution in [0, 0.1) is 0 Å². The van der Waals surface area contributed by atoms with Crippen molar-refractivity contribution in [2.24, 2.45) is 5.73 Å². The number of thiol groups is 1. The predicted molar refractivity (Wildman–Crippen MR) is 272 cm³/mol. The van der Waals surface area contributed by atoms with E-state index in [9.17, 15) is 83.1 Å². The normalized spacial score (nSPS) is 19.0. The van der Waals surface area contributed by atoms with Gasteiger partial charge in [0.1, 0.15) is 73.9 Å². The van der Waals surface area contributed by atoms with Gasteiger partial charge in [-0.1, -0.05) is 0 Å². The number of aliphatic hydroxyl groups excluding tert-OH is 4. The van der Waals surface area contributed by atoms with Crippen molar-refractivity contribution >= 4 is 83.6 Å². The highest BCUT2D eigenvalue weighted by molar-refractivity contribution is 7.80. The number of carboxylic acid groups (broad SMARTS) is 2. The number of primary amides is 1. The van der Waals surface area contributed by atoms with E-state index in [0.717, 1.165) is 13.8 Å². The number of carbonyl (C=O) groups is 12. The third kappa shape index (κ3) is 30.3. The van der Waals surface area contributed by atoms with Crippen LogP contribution < -0.4 is 53.6 Å². The second-order valence-corrected chi connectivity index (χ2v) is 17.9. The average Bonchev–Trinajstić information content (AvgIpc) is 3.39. The summed E-state index contributed by atoms with van der Waals surface area (Å²) in [5, 5.41) is 79.3. The molecule has 0 saturated carbocycles. The molecule has 11 atom stereocenters. The van der Waals surface area contributed by atoms with E-state index < -0.39 is 170 Å². The van der Waals surface area contributed by atoms with Crippen molar-refractivity contribution in [3.05, 3.63) is 0 Å². The fraction of sp³-hybridized carbons (Fsp3) is 0.733. The molecule has 80 heavy (non-hydrogen) atoms. The van der Waals surface area contributed by atoms with Gasteiger partial charge in [0.05, 0.1) is 59.3 Å². The Kier molecular flexibility index (Phi) is 35.7. The molecule has 35 heteroatoms. The molecule has 34 nitrogen and oxygen atoms in total. The molecule has 0 aromatic rings.